The first kappa shape index (κ1) is 16.0. The molecule has 0 fully saturated rings. The van der Waals surface area contributed by atoms with Gasteiger partial charge in [0.15, 0.2) is 28.7 Å². The van der Waals surface area contributed by atoms with E-state index in [4.69, 9.17) is 35.3 Å². The molecule has 0 aromatic heterocycles. The molecule has 3 aliphatic rings. The number of nitrogens with zero attached hydrogens (tertiary/aromatic N) is 1. The van der Waals surface area contributed by atoms with Crippen LogP contribution in [-0.4, -0.2) is 31.9 Å². The van der Waals surface area contributed by atoms with Crippen LogP contribution in [0.25, 0.3) is 6.08 Å². The van der Waals surface area contributed by atoms with E-state index in [0.717, 1.165) is 0 Å². The van der Waals surface area contributed by atoms with Crippen molar-refractivity contribution in [2.45, 2.75) is 0 Å². The van der Waals surface area contributed by atoms with E-state index in [-0.39, 0.29) is 18.4 Å². The molecule has 27 heavy (non-hydrogen) atoms. The molecular formula is C19H12ClNO6. The molecule has 0 unspecified atom stereocenters. The molecule has 136 valence electrons. The molecule has 0 atom stereocenters. The van der Waals surface area contributed by atoms with Crippen LogP contribution in [0, 0.1) is 0 Å². The van der Waals surface area contributed by atoms with Crippen LogP contribution in [0.2, 0.25) is 5.02 Å². The maximum atomic E-state index is 12.2. The average Bonchev–Trinajstić information content (AvgIpc) is 3.28. The lowest BCUT2D eigenvalue weighted by atomic mass is 10.1. The number of hydrogen-bond donors (Lipinski definition) is 0. The topological polar surface area (TPSA) is 75.6 Å². The van der Waals surface area contributed by atoms with Gasteiger partial charge in [0.1, 0.15) is 13.2 Å². The highest BCUT2D eigenvalue weighted by atomic mass is 35.5. The summed E-state index contributed by atoms with van der Waals surface area (Å²) < 4.78 is 27.0. The summed E-state index contributed by atoms with van der Waals surface area (Å²) in [4.78, 5) is 16.5. The lowest BCUT2D eigenvalue weighted by molar-refractivity contribution is -0.129. The molecule has 0 bridgehead atoms. The monoisotopic (exact) mass is 385 g/mol. The number of hydrogen-bond acceptors (Lipinski definition) is 7. The highest BCUT2D eigenvalue weighted by Crippen LogP contribution is 2.39. The third-order valence-corrected chi connectivity index (χ3v) is 4.44. The van der Waals surface area contributed by atoms with Crippen molar-refractivity contribution in [2.24, 2.45) is 4.99 Å². The minimum Gasteiger partial charge on any atom is -0.486 e. The minimum atomic E-state index is -0.548. The highest BCUT2D eigenvalue weighted by Gasteiger charge is 2.26. The third kappa shape index (κ3) is 2.86. The number of carbonyl (C=O) groups excluding carboxylic acids is 1. The van der Waals surface area contributed by atoms with Crippen LogP contribution in [-0.2, 0) is 9.53 Å². The van der Waals surface area contributed by atoms with Crippen LogP contribution in [0.15, 0.2) is 41.0 Å². The number of halogens is 1. The van der Waals surface area contributed by atoms with E-state index in [9.17, 15) is 4.79 Å². The Morgan fingerprint density at radius 2 is 1.81 bits per heavy atom. The van der Waals surface area contributed by atoms with Crippen molar-refractivity contribution in [3.8, 4) is 23.0 Å². The van der Waals surface area contributed by atoms with Crippen LogP contribution < -0.4 is 18.9 Å². The zero-order valence-electron chi connectivity index (χ0n) is 13.9. The molecule has 0 saturated carbocycles. The molecule has 0 amide bonds. The Morgan fingerprint density at radius 1 is 0.963 bits per heavy atom. The number of ether oxygens (including phenoxy) is 5. The third-order valence-electron chi connectivity index (χ3n) is 4.16. The van der Waals surface area contributed by atoms with Gasteiger partial charge >= 0.3 is 5.97 Å². The van der Waals surface area contributed by atoms with Crippen molar-refractivity contribution < 1.29 is 28.5 Å². The molecule has 3 aliphatic heterocycles. The Labute approximate surface area is 158 Å². The van der Waals surface area contributed by atoms with Crippen molar-refractivity contribution in [3.63, 3.8) is 0 Å². The molecule has 8 heteroatoms. The van der Waals surface area contributed by atoms with E-state index in [1.807, 2.05) is 0 Å². The standard InChI is InChI=1S/C19H12ClNO6/c20-12-5-10(7-16-17(12)24-4-3-23-16)6-13-19(22)27-18(21-13)11-1-2-14-15(8-11)26-9-25-14/h1-2,5-8H,3-4,9H2. The number of rotatable bonds is 2. The van der Waals surface area contributed by atoms with Crippen molar-refractivity contribution in [1.29, 1.82) is 0 Å². The number of carbonyl (C=O) groups is 1. The van der Waals surface area contributed by atoms with Crippen molar-refractivity contribution in [1.82, 2.24) is 0 Å². The van der Waals surface area contributed by atoms with Gasteiger partial charge in [-0.1, -0.05) is 11.6 Å². The number of aliphatic imine (C=N–C) groups is 1. The Morgan fingerprint density at radius 3 is 2.74 bits per heavy atom. The van der Waals surface area contributed by atoms with E-state index < -0.39 is 5.97 Å². The second-order valence-corrected chi connectivity index (χ2v) is 6.34. The Bertz CT molecular complexity index is 1030. The zero-order valence-corrected chi connectivity index (χ0v) is 14.6. The van der Waals surface area contributed by atoms with Crippen LogP contribution in [0.3, 0.4) is 0 Å². The van der Waals surface area contributed by atoms with Gasteiger partial charge in [0.2, 0.25) is 12.7 Å². The van der Waals surface area contributed by atoms with Crippen LogP contribution in [0.1, 0.15) is 11.1 Å². The SMILES string of the molecule is O=C1OC(c2ccc3c(c2)OCO3)=NC1=Cc1cc(Cl)c2c(c1)OCCO2. The van der Waals surface area contributed by atoms with Crippen LogP contribution in [0.4, 0.5) is 0 Å². The lowest BCUT2D eigenvalue weighted by Gasteiger charge is -2.19. The van der Waals surface area contributed by atoms with Gasteiger partial charge in [0.25, 0.3) is 0 Å². The molecule has 0 aliphatic carbocycles. The molecule has 0 N–H and O–H groups in total. The quantitative estimate of drug-likeness (QED) is 0.584. The smallest absolute Gasteiger partial charge is 0.363 e. The van der Waals surface area contributed by atoms with Crippen molar-refractivity contribution in [3.05, 3.63) is 52.2 Å². The fraction of sp³-hybridized carbons (Fsp3) is 0.158. The van der Waals surface area contributed by atoms with Gasteiger partial charge < -0.3 is 23.7 Å². The lowest BCUT2D eigenvalue weighted by Crippen LogP contribution is -2.15. The largest absolute Gasteiger partial charge is 0.486 e. The molecule has 2 aromatic rings. The Kier molecular flexibility index (Phi) is 3.68. The second-order valence-electron chi connectivity index (χ2n) is 5.93. The predicted molar refractivity (Wildman–Crippen MR) is 95.6 cm³/mol. The molecule has 0 spiro atoms. The van der Waals surface area contributed by atoms with Gasteiger partial charge in [-0.2, -0.15) is 0 Å². The van der Waals surface area contributed by atoms with Gasteiger partial charge in [-0.25, -0.2) is 9.79 Å². The summed E-state index contributed by atoms with van der Waals surface area (Å²) in [5, 5.41) is 0.408. The fourth-order valence-electron chi connectivity index (χ4n) is 2.93. The predicted octanol–water partition coefficient (Wildman–Crippen LogP) is 3.18. The molecule has 2 aromatic carbocycles. The van der Waals surface area contributed by atoms with Gasteiger partial charge in [0, 0.05) is 5.56 Å². The average molecular weight is 386 g/mol. The van der Waals surface area contributed by atoms with Gasteiger partial charge in [-0.15, -0.1) is 0 Å². The Hall–Kier alpha value is -3.19. The highest BCUT2D eigenvalue weighted by molar-refractivity contribution is 6.32. The molecule has 0 radical (unpaired) electrons. The van der Waals surface area contributed by atoms with Gasteiger partial charge in [-0.05, 0) is 42.0 Å². The first-order valence-electron chi connectivity index (χ1n) is 8.19. The van der Waals surface area contributed by atoms with E-state index in [0.29, 0.717) is 52.4 Å². The van der Waals surface area contributed by atoms with Crippen molar-refractivity contribution >= 4 is 29.5 Å². The summed E-state index contributed by atoms with van der Waals surface area (Å²) in [5.41, 5.74) is 1.44. The summed E-state index contributed by atoms with van der Waals surface area (Å²) in [6.07, 6.45) is 1.59. The normalized spacial score (nSPS) is 18.5. The van der Waals surface area contributed by atoms with E-state index in [1.165, 1.54) is 0 Å². The maximum absolute atomic E-state index is 12.2. The van der Waals surface area contributed by atoms with Gasteiger partial charge in [0.05, 0.1) is 5.02 Å². The van der Waals surface area contributed by atoms with E-state index in [2.05, 4.69) is 4.99 Å². The summed E-state index contributed by atoms with van der Waals surface area (Å²) >= 11 is 6.24. The number of cyclic esters (lactones) is 1. The number of benzene rings is 2. The molecule has 5 rings (SSSR count). The number of esters is 1. The first-order chi connectivity index (χ1) is 13.2. The Balaban J connectivity index is 1.48. The minimum absolute atomic E-state index is 0.162. The molecule has 3 heterocycles. The summed E-state index contributed by atoms with van der Waals surface area (Å²) in [6, 6.07) is 8.65. The maximum Gasteiger partial charge on any atom is 0.363 e. The zero-order chi connectivity index (χ0) is 18.4. The van der Waals surface area contributed by atoms with Crippen LogP contribution >= 0.6 is 11.6 Å². The fourth-order valence-corrected chi connectivity index (χ4v) is 3.21. The molecule has 7 nitrogen and oxygen atoms in total. The second kappa shape index (κ2) is 6.21. The van der Waals surface area contributed by atoms with Gasteiger partial charge in [-0.3, -0.25) is 0 Å². The first-order valence-corrected chi connectivity index (χ1v) is 8.57. The number of fused-ring (bicyclic) bond motifs is 2. The molecular weight excluding hydrogens is 374 g/mol. The van der Waals surface area contributed by atoms with E-state index in [1.54, 1.807) is 36.4 Å². The van der Waals surface area contributed by atoms with E-state index >= 15 is 0 Å². The summed E-state index contributed by atoms with van der Waals surface area (Å²) in [6.45, 7) is 1.06. The van der Waals surface area contributed by atoms with Crippen LogP contribution in [0.5, 0.6) is 23.0 Å². The molecule has 0 saturated heterocycles. The summed E-state index contributed by atoms with van der Waals surface area (Å²) in [5.74, 6) is 1.92. The van der Waals surface area contributed by atoms with Crippen molar-refractivity contribution in [2.75, 3.05) is 20.0 Å². The summed E-state index contributed by atoms with van der Waals surface area (Å²) in [7, 11) is 0.